The van der Waals surface area contributed by atoms with E-state index in [-0.39, 0.29) is 5.91 Å². The van der Waals surface area contributed by atoms with E-state index in [9.17, 15) is 9.90 Å². The minimum Gasteiger partial charge on any atom is -0.392 e. The van der Waals surface area contributed by atoms with Crippen LogP contribution in [0.1, 0.15) is 19.3 Å². The zero-order valence-corrected chi connectivity index (χ0v) is 12.3. The second-order valence-corrected chi connectivity index (χ2v) is 5.70. The van der Waals surface area contributed by atoms with Gasteiger partial charge < -0.3 is 19.9 Å². The molecule has 1 spiro atoms. The molecule has 0 unspecified atom stereocenters. The molecule has 0 aliphatic carbocycles. The Balaban J connectivity index is 1.83. The van der Waals surface area contributed by atoms with E-state index in [1.165, 1.54) is 0 Å². The first-order valence-corrected chi connectivity index (χ1v) is 7.44. The number of nitrogens with one attached hydrogen (secondary N) is 1. The standard InChI is InChI=1S/C14H26N2O4/c1-19-9-10-20-8-7-16-6-3-12(17)14(11-16)4-2-5-15-13(14)18/h12,17H,2-11H2,1H3,(H,15,18)/t12-,14+/m0/s1. The fourth-order valence-electron chi connectivity index (χ4n) is 3.16. The molecule has 0 aromatic rings. The Kier molecular flexibility index (Phi) is 5.77. The van der Waals surface area contributed by atoms with E-state index >= 15 is 0 Å². The van der Waals surface area contributed by atoms with Gasteiger partial charge in [-0.1, -0.05) is 0 Å². The maximum atomic E-state index is 12.2. The molecular weight excluding hydrogens is 260 g/mol. The highest BCUT2D eigenvalue weighted by molar-refractivity contribution is 5.84. The molecule has 0 aromatic carbocycles. The normalized spacial score (nSPS) is 31.5. The number of carbonyl (C=O) groups excluding carboxylic acids is 1. The minimum atomic E-state index is -0.608. The molecule has 2 aliphatic rings. The van der Waals surface area contributed by atoms with Crippen molar-refractivity contribution in [3.05, 3.63) is 0 Å². The van der Waals surface area contributed by atoms with Crippen molar-refractivity contribution in [1.82, 2.24) is 10.2 Å². The molecular formula is C14H26N2O4. The first kappa shape index (κ1) is 15.7. The Morgan fingerprint density at radius 3 is 3.05 bits per heavy atom. The number of ether oxygens (including phenoxy) is 2. The Bertz CT molecular complexity index is 326. The number of nitrogens with zero attached hydrogens (tertiary/aromatic N) is 1. The van der Waals surface area contributed by atoms with Crippen LogP contribution in [0.25, 0.3) is 0 Å². The number of likely N-dealkylation sites (tertiary alicyclic amines) is 1. The lowest BCUT2D eigenvalue weighted by molar-refractivity contribution is -0.149. The number of hydrogen-bond acceptors (Lipinski definition) is 5. The van der Waals surface area contributed by atoms with E-state index < -0.39 is 11.5 Å². The van der Waals surface area contributed by atoms with E-state index in [4.69, 9.17) is 9.47 Å². The molecule has 20 heavy (non-hydrogen) atoms. The minimum absolute atomic E-state index is 0.0150. The van der Waals surface area contributed by atoms with Gasteiger partial charge >= 0.3 is 0 Å². The van der Waals surface area contributed by atoms with Crippen LogP contribution in [0.5, 0.6) is 0 Å². The van der Waals surface area contributed by atoms with Crippen LogP contribution in [0.15, 0.2) is 0 Å². The number of rotatable bonds is 6. The van der Waals surface area contributed by atoms with Crippen LogP contribution in [0.3, 0.4) is 0 Å². The van der Waals surface area contributed by atoms with Gasteiger partial charge in [0.25, 0.3) is 0 Å². The fraction of sp³-hybridized carbons (Fsp3) is 0.929. The first-order valence-electron chi connectivity index (χ1n) is 7.44. The molecule has 0 aromatic heterocycles. The lowest BCUT2D eigenvalue weighted by Crippen LogP contribution is -2.61. The highest BCUT2D eigenvalue weighted by Crippen LogP contribution is 2.37. The van der Waals surface area contributed by atoms with Gasteiger partial charge in [0, 0.05) is 33.3 Å². The number of amides is 1. The van der Waals surface area contributed by atoms with Crippen molar-refractivity contribution in [2.24, 2.45) is 5.41 Å². The van der Waals surface area contributed by atoms with E-state index in [0.29, 0.717) is 32.8 Å². The molecule has 2 fully saturated rings. The van der Waals surface area contributed by atoms with Crippen molar-refractivity contribution in [2.45, 2.75) is 25.4 Å². The molecule has 1 amide bonds. The molecule has 2 N–H and O–H groups in total. The average molecular weight is 286 g/mol. The maximum absolute atomic E-state index is 12.2. The van der Waals surface area contributed by atoms with E-state index in [2.05, 4.69) is 10.2 Å². The van der Waals surface area contributed by atoms with Crippen LogP contribution >= 0.6 is 0 Å². The summed E-state index contributed by atoms with van der Waals surface area (Å²) in [5.74, 6) is 0.0150. The van der Waals surface area contributed by atoms with Gasteiger partial charge in [-0.2, -0.15) is 0 Å². The number of piperidine rings is 2. The molecule has 2 aliphatic heterocycles. The molecule has 2 heterocycles. The van der Waals surface area contributed by atoms with Crippen molar-refractivity contribution in [3.8, 4) is 0 Å². The van der Waals surface area contributed by atoms with Gasteiger partial charge in [-0.15, -0.1) is 0 Å². The number of methoxy groups -OCH3 is 1. The van der Waals surface area contributed by atoms with Gasteiger partial charge in [-0.05, 0) is 19.3 Å². The third-order valence-corrected chi connectivity index (χ3v) is 4.38. The summed E-state index contributed by atoms with van der Waals surface area (Å²) in [5, 5.41) is 13.2. The van der Waals surface area contributed by atoms with Crippen molar-refractivity contribution in [2.75, 3.05) is 53.1 Å². The Morgan fingerprint density at radius 2 is 2.30 bits per heavy atom. The summed E-state index contributed by atoms with van der Waals surface area (Å²) >= 11 is 0. The van der Waals surface area contributed by atoms with E-state index in [1.807, 2.05) is 0 Å². The third-order valence-electron chi connectivity index (χ3n) is 4.38. The second-order valence-electron chi connectivity index (χ2n) is 5.70. The van der Waals surface area contributed by atoms with Gasteiger partial charge in [0.05, 0.1) is 31.3 Å². The Hall–Kier alpha value is -0.690. The largest absolute Gasteiger partial charge is 0.392 e. The molecule has 6 nitrogen and oxygen atoms in total. The summed E-state index contributed by atoms with van der Waals surface area (Å²) < 4.78 is 10.4. The van der Waals surface area contributed by atoms with Crippen molar-refractivity contribution >= 4 is 5.91 Å². The topological polar surface area (TPSA) is 71.0 Å². The predicted molar refractivity (Wildman–Crippen MR) is 74.4 cm³/mol. The van der Waals surface area contributed by atoms with Gasteiger partial charge in [-0.3, -0.25) is 9.69 Å². The zero-order valence-electron chi connectivity index (χ0n) is 12.3. The lowest BCUT2D eigenvalue weighted by Gasteiger charge is -2.46. The van der Waals surface area contributed by atoms with E-state index in [1.54, 1.807) is 7.11 Å². The molecule has 0 saturated carbocycles. The fourth-order valence-corrected chi connectivity index (χ4v) is 3.16. The van der Waals surface area contributed by atoms with E-state index in [0.717, 1.165) is 32.5 Å². The third kappa shape index (κ3) is 3.49. The van der Waals surface area contributed by atoms with Crippen LogP contribution in [-0.2, 0) is 14.3 Å². The molecule has 116 valence electrons. The summed E-state index contributed by atoms with van der Waals surface area (Å²) in [6.45, 7) is 4.82. The molecule has 2 rings (SSSR count). The summed E-state index contributed by atoms with van der Waals surface area (Å²) in [6, 6.07) is 0. The van der Waals surface area contributed by atoms with Crippen LogP contribution in [0.4, 0.5) is 0 Å². The summed E-state index contributed by atoms with van der Waals surface area (Å²) in [4.78, 5) is 14.4. The highest BCUT2D eigenvalue weighted by Gasteiger charge is 2.49. The van der Waals surface area contributed by atoms with Gasteiger partial charge in [0.15, 0.2) is 0 Å². The first-order chi connectivity index (χ1) is 9.69. The highest BCUT2D eigenvalue weighted by atomic mass is 16.5. The Labute approximate surface area is 120 Å². The van der Waals surface area contributed by atoms with Gasteiger partial charge in [0.2, 0.25) is 5.91 Å². The summed E-state index contributed by atoms with van der Waals surface area (Å²) in [6.07, 6.45) is 1.86. The lowest BCUT2D eigenvalue weighted by atomic mass is 9.71. The van der Waals surface area contributed by atoms with Crippen LogP contribution in [0, 0.1) is 5.41 Å². The number of hydrogen-bond donors (Lipinski definition) is 2. The summed E-state index contributed by atoms with van der Waals surface area (Å²) in [5.41, 5.74) is -0.608. The Morgan fingerprint density at radius 1 is 1.45 bits per heavy atom. The quantitative estimate of drug-likeness (QED) is 0.651. The monoisotopic (exact) mass is 286 g/mol. The van der Waals surface area contributed by atoms with Crippen molar-refractivity contribution < 1.29 is 19.4 Å². The van der Waals surface area contributed by atoms with Crippen LogP contribution in [-0.4, -0.2) is 75.1 Å². The maximum Gasteiger partial charge on any atom is 0.230 e. The predicted octanol–water partition coefficient (Wildman–Crippen LogP) is -0.388. The number of carbonyl (C=O) groups is 1. The molecule has 0 bridgehead atoms. The number of aliphatic hydroxyl groups excluding tert-OH is 1. The zero-order chi connectivity index (χ0) is 14.4. The smallest absolute Gasteiger partial charge is 0.230 e. The average Bonchev–Trinajstić information content (AvgIpc) is 2.45. The van der Waals surface area contributed by atoms with Gasteiger partial charge in [-0.25, -0.2) is 0 Å². The van der Waals surface area contributed by atoms with Crippen LogP contribution < -0.4 is 5.32 Å². The van der Waals surface area contributed by atoms with Crippen molar-refractivity contribution in [3.63, 3.8) is 0 Å². The number of aliphatic hydroxyl groups is 1. The SMILES string of the molecule is COCCOCCN1CC[C@H](O)[C@@]2(CCCNC2=O)C1. The molecule has 2 saturated heterocycles. The molecule has 2 atom stereocenters. The van der Waals surface area contributed by atoms with Crippen LogP contribution in [0.2, 0.25) is 0 Å². The summed E-state index contributed by atoms with van der Waals surface area (Å²) in [7, 11) is 1.65. The van der Waals surface area contributed by atoms with Gasteiger partial charge in [0.1, 0.15) is 0 Å². The second kappa shape index (κ2) is 7.36. The molecule has 0 radical (unpaired) electrons. The molecule has 6 heteroatoms. The van der Waals surface area contributed by atoms with Crippen molar-refractivity contribution in [1.29, 1.82) is 0 Å².